The number of thiazole rings is 1. The fourth-order valence-corrected chi connectivity index (χ4v) is 4.71. The summed E-state index contributed by atoms with van der Waals surface area (Å²) in [6.45, 7) is 12.8. The van der Waals surface area contributed by atoms with Crippen LogP contribution in [-0.4, -0.2) is 33.6 Å². The fourth-order valence-electron chi connectivity index (χ4n) is 3.16. The summed E-state index contributed by atoms with van der Waals surface area (Å²) in [5.74, 6) is 1.14. The Morgan fingerprint density at radius 3 is 2.03 bits per heavy atom. The predicted molar refractivity (Wildman–Crippen MR) is 148 cm³/mol. The maximum Gasteiger partial charge on any atom is 0.327 e. The van der Waals surface area contributed by atoms with Crippen LogP contribution in [0.4, 0.5) is 5.82 Å². The second-order valence-corrected chi connectivity index (χ2v) is 11.0. The Hall–Kier alpha value is -1.79. The second kappa shape index (κ2) is 16.8. The lowest BCUT2D eigenvalue weighted by Gasteiger charge is -2.13. The van der Waals surface area contributed by atoms with Gasteiger partial charge in [0.15, 0.2) is 0 Å². The quantitative estimate of drug-likeness (QED) is 0.181. The van der Waals surface area contributed by atoms with E-state index in [4.69, 9.17) is 0 Å². The summed E-state index contributed by atoms with van der Waals surface area (Å²) in [6, 6.07) is -0.624. The van der Waals surface area contributed by atoms with E-state index in [-0.39, 0.29) is 0 Å². The van der Waals surface area contributed by atoms with Crippen LogP contribution in [0.15, 0.2) is 52.0 Å². The van der Waals surface area contributed by atoms with Crippen molar-refractivity contribution in [3.63, 3.8) is 0 Å². The summed E-state index contributed by atoms with van der Waals surface area (Å²) in [5.41, 5.74) is 5.70. The van der Waals surface area contributed by atoms with Crippen molar-refractivity contribution in [2.45, 2.75) is 86.1 Å². The molecule has 0 aromatic carbocycles. The number of aromatic nitrogens is 1. The van der Waals surface area contributed by atoms with Crippen molar-refractivity contribution >= 4 is 34.9 Å². The van der Waals surface area contributed by atoms with Crippen LogP contribution < -0.4 is 5.32 Å². The zero-order valence-electron chi connectivity index (χ0n) is 21.2. The molecule has 2 N–H and O–H groups in total. The highest BCUT2D eigenvalue weighted by Gasteiger charge is 2.17. The van der Waals surface area contributed by atoms with Gasteiger partial charge in [-0.25, -0.2) is 9.78 Å². The molecular weight excluding hydrogens is 448 g/mol. The summed E-state index contributed by atoms with van der Waals surface area (Å²) >= 11 is 3.15. The summed E-state index contributed by atoms with van der Waals surface area (Å²) in [4.78, 5) is 15.8. The lowest BCUT2D eigenvalue weighted by atomic mass is 10.0. The largest absolute Gasteiger partial charge is 0.480 e. The molecule has 33 heavy (non-hydrogen) atoms. The van der Waals surface area contributed by atoms with E-state index in [9.17, 15) is 9.90 Å². The first-order valence-corrected chi connectivity index (χ1v) is 13.8. The summed E-state index contributed by atoms with van der Waals surface area (Å²) in [7, 11) is 0. The van der Waals surface area contributed by atoms with Gasteiger partial charge in [-0.15, -0.1) is 11.3 Å². The number of nitrogens with zero attached hydrogens (tertiary/aromatic N) is 1. The Bertz CT molecular complexity index is 846. The van der Waals surface area contributed by atoms with E-state index in [1.165, 1.54) is 33.6 Å². The molecule has 0 fully saturated rings. The van der Waals surface area contributed by atoms with Crippen molar-refractivity contribution in [3.05, 3.63) is 57.0 Å². The van der Waals surface area contributed by atoms with Crippen LogP contribution in [-0.2, 0) is 4.79 Å². The molecule has 1 heterocycles. The highest BCUT2D eigenvalue weighted by Crippen LogP contribution is 2.17. The highest BCUT2D eigenvalue weighted by atomic mass is 32.2. The molecular formula is C27H42N2O2S2. The van der Waals surface area contributed by atoms with Crippen molar-refractivity contribution in [2.75, 3.05) is 16.8 Å². The van der Waals surface area contributed by atoms with E-state index < -0.39 is 12.0 Å². The number of allylic oxidation sites excluding steroid dienone is 7. The minimum absolute atomic E-state index is 0.510. The minimum Gasteiger partial charge on any atom is -0.480 e. The second-order valence-electron chi connectivity index (χ2n) is 8.87. The van der Waals surface area contributed by atoms with E-state index >= 15 is 0 Å². The molecule has 0 aliphatic carbocycles. The molecule has 0 saturated heterocycles. The Kier molecular flexibility index (Phi) is 14.9. The molecule has 1 atom stereocenters. The van der Waals surface area contributed by atoms with Gasteiger partial charge in [0.2, 0.25) is 0 Å². The SMILES string of the molecule is CC(C)=CCCC(C)=CCCC(C)=CCCC(C)=CCSCC(Nc1csc(C)n1)C(=O)O. The lowest BCUT2D eigenvalue weighted by Crippen LogP contribution is -2.31. The molecule has 0 saturated carbocycles. The maximum absolute atomic E-state index is 11.5. The number of carbonyl (C=O) groups is 1. The molecule has 184 valence electrons. The van der Waals surface area contributed by atoms with Gasteiger partial charge in [0.05, 0.1) is 5.01 Å². The van der Waals surface area contributed by atoms with Crippen LogP contribution in [0.5, 0.6) is 0 Å². The number of aliphatic carboxylic acids is 1. The molecule has 0 radical (unpaired) electrons. The van der Waals surface area contributed by atoms with Gasteiger partial charge >= 0.3 is 5.97 Å². The standard InChI is InChI=1S/C27H42N2O2S2/c1-20(2)10-7-11-21(3)12-8-13-22(4)14-9-15-23(5)16-17-32-18-25(27(30)31)29-26-19-33-24(6)28-26/h10,12,14,16,19,25,29H,7-9,11,13,15,17-18H2,1-6H3,(H,30,31). The predicted octanol–water partition coefficient (Wildman–Crippen LogP) is 8.20. The first-order chi connectivity index (χ1) is 15.7. The van der Waals surface area contributed by atoms with E-state index in [1.54, 1.807) is 11.8 Å². The lowest BCUT2D eigenvalue weighted by molar-refractivity contribution is -0.137. The number of carboxylic acid groups (broad SMARTS) is 1. The number of hydrogen-bond donors (Lipinski definition) is 2. The van der Waals surface area contributed by atoms with Gasteiger partial charge in [-0.05, 0) is 80.1 Å². The van der Waals surface area contributed by atoms with Crippen molar-refractivity contribution in [3.8, 4) is 0 Å². The van der Waals surface area contributed by atoms with Crippen LogP contribution in [0.3, 0.4) is 0 Å². The first-order valence-electron chi connectivity index (χ1n) is 11.8. The van der Waals surface area contributed by atoms with Gasteiger partial charge in [0.25, 0.3) is 0 Å². The molecule has 0 bridgehead atoms. The van der Waals surface area contributed by atoms with E-state index in [1.807, 2.05) is 12.3 Å². The molecule has 4 nitrogen and oxygen atoms in total. The molecule has 1 rings (SSSR count). The third-order valence-corrected chi connectivity index (χ3v) is 6.97. The Morgan fingerprint density at radius 2 is 1.55 bits per heavy atom. The fraction of sp³-hybridized carbons (Fsp3) is 0.556. The van der Waals surface area contributed by atoms with Gasteiger partial charge in [-0.3, -0.25) is 0 Å². The normalized spacial score (nSPS) is 13.7. The average molecular weight is 491 g/mol. The smallest absolute Gasteiger partial charge is 0.327 e. The van der Waals surface area contributed by atoms with Crippen LogP contribution in [0, 0.1) is 6.92 Å². The van der Waals surface area contributed by atoms with Crippen molar-refractivity contribution in [2.24, 2.45) is 0 Å². The molecule has 0 aliphatic heterocycles. The number of nitrogens with one attached hydrogen (secondary N) is 1. The Labute approximate surface area is 209 Å². The van der Waals surface area contributed by atoms with Gasteiger partial charge in [-0.2, -0.15) is 11.8 Å². The van der Waals surface area contributed by atoms with Crippen molar-refractivity contribution < 1.29 is 9.90 Å². The number of thioether (sulfide) groups is 1. The number of carboxylic acids is 1. The van der Waals surface area contributed by atoms with Gasteiger partial charge < -0.3 is 10.4 Å². The topological polar surface area (TPSA) is 62.2 Å². The van der Waals surface area contributed by atoms with Crippen LogP contribution >= 0.6 is 23.1 Å². The Morgan fingerprint density at radius 1 is 1.00 bits per heavy atom. The highest BCUT2D eigenvalue weighted by molar-refractivity contribution is 7.99. The average Bonchev–Trinajstić information content (AvgIpc) is 3.14. The molecule has 0 spiro atoms. The third kappa shape index (κ3) is 14.9. The molecule has 1 aromatic heterocycles. The molecule has 1 aromatic rings. The van der Waals surface area contributed by atoms with Crippen LogP contribution in [0.1, 0.15) is 78.2 Å². The van der Waals surface area contributed by atoms with Crippen LogP contribution in [0.25, 0.3) is 0 Å². The minimum atomic E-state index is -0.840. The first kappa shape index (κ1) is 29.2. The summed E-state index contributed by atoms with van der Waals surface area (Å²) in [6.07, 6.45) is 15.9. The zero-order valence-corrected chi connectivity index (χ0v) is 22.9. The number of rotatable bonds is 16. The monoisotopic (exact) mass is 490 g/mol. The van der Waals surface area contributed by atoms with Crippen molar-refractivity contribution in [1.82, 2.24) is 4.98 Å². The van der Waals surface area contributed by atoms with Gasteiger partial charge in [0, 0.05) is 16.9 Å². The van der Waals surface area contributed by atoms with E-state index in [2.05, 4.69) is 69.2 Å². The molecule has 0 amide bonds. The zero-order chi connectivity index (χ0) is 24.6. The van der Waals surface area contributed by atoms with E-state index in [0.29, 0.717) is 11.6 Å². The summed E-state index contributed by atoms with van der Waals surface area (Å²) < 4.78 is 0. The van der Waals surface area contributed by atoms with Crippen molar-refractivity contribution in [1.29, 1.82) is 0 Å². The van der Waals surface area contributed by atoms with Gasteiger partial charge in [0.1, 0.15) is 11.9 Å². The molecule has 1 unspecified atom stereocenters. The molecule has 6 heteroatoms. The maximum atomic E-state index is 11.5. The van der Waals surface area contributed by atoms with E-state index in [0.717, 1.165) is 49.3 Å². The summed E-state index contributed by atoms with van der Waals surface area (Å²) in [5, 5.41) is 15.2. The number of aryl methyl sites for hydroxylation is 1. The number of anilines is 1. The van der Waals surface area contributed by atoms with Crippen LogP contribution in [0.2, 0.25) is 0 Å². The molecule has 0 aliphatic rings. The third-order valence-electron chi connectivity index (χ3n) is 5.23. The van der Waals surface area contributed by atoms with Gasteiger partial charge in [-0.1, -0.05) is 46.6 Å². The Balaban J connectivity index is 2.27. The number of hydrogen-bond acceptors (Lipinski definition) is 5.